The Hall–Kier alpha value is -4.76. The second-order valence-electron chi connectivity index (χ2n) is 12.1. The van der Waals surface area contributed by atoms with Gasteiger partial charge in [0, 0.05) is 12.6 Å². The molecule has 0 unspecified atom stereocenters. The van der Waals surface area contributed by atoms with Crippen LogP contribution >= 0.6 is 0 Å². The number of para-hydroxylation sites is 1. The number of carbonyl (C=O) groups is 1. The number of unbranched alkanes of at least 4 members (excludes halogenated alkanes) is 7. The molecular weight excluding hydrogens is 651 g/mol. The minimum absolute atomic E-state index is 0.156. The van der Waals surface area contributed by atoms with Gasteiger partial charge in [-0.1, -0.05) is 124 Å². The van der Waals surface area contributed by atoms with Crippen molar-refractivity contribution in [3.05, 3.63) is 126 Å². The van der Waals surface area contributed by atoms with E-state index in [9.17, 15) is 13.2 Å². The highest BCUT2D eigenvalue weighted by molar-refractivity contribution is 7.88. The summed E-state index contributed by atoms with van der Waals surface area (Å²) in [6.07, 6.45) is 11.5. The van der Waals surface area contributed by atoms with Crippen molar-refractivity contribution in [3.8, 4) is 23.0 Å². The van der Waals surface area contributed by atoms with Crippen molar-refractivity contribution in [1.29, 1.82) is 0 Å². The second-order valence-corrected chi connectivity index (χ2v) is 13.8. The SMILES string of the molecule is COc1cc(/C=C/C(=O)NCCCCCCCCCCC(c2ccccc2)(c2ccccc2)S(=O)(=O)Oc2ccccc2)cc(OC)c1OC. The van der Waals surface area contributed by atoms with Crippen LogP contribution in [-0.4, -0.2) is 42.2 Å². The predicted molar refractivity (Wildman–Crippen MR) is 199 cm³/mol. The van der Waals surface area contributed by atoms with Gasteiger partial charge in [-0.3, -0.25) is 4.79 Å². The van der Waals surface area contributed by atoms with Crippen LogP contribution in [-0.2, 0) is 19.7 Å². The Labute approximate surface area is 297 Å². The Morgan fingerprint density at radius 3 is 1.64 bits per heavy atom. The highest BCUT2D eigenvalue weighted by Crippen LogP contribution is 2.44. The predicted octanol–water partition coefficient (Wildman–Crippen LogP) is 8.71. The monoisotopic (exact) mass is 699 g/mol. The summed E-state index contributed by atoms with van der Waals surface area (Å²) in [5, 5.41) is 2.95. The fourth-order valence-electron chi connectivity index (χ4n) is 6.16. The van der Waals surface area contributed by atoms with E-state index in [1.807, 2.05) is 66.7 Å². The van der Waals surface area contributed by atoms with Gasteiger partial charge >= 0.3 is 10.1 Å². The van der Waals surface area contributed by atoms with Gasteiger partial charge in [-0.15, -0.1) is 0 Å². The van der Waals surface area contributed by atoms with Crippen molar-refractivity contribution in [2.75, 3.05) is 27.9 Å². The van der Waals surface area contributed by atoms with E-state index in [-0.39, 0.29) is 5.91 Å². The molecule has 1 amide bonds. The first kappa shape index (κ1) is 38.0. The van der Waals surface area contributed by atoms with Crippen molar-refractivity contribution in [2.45, 2.75) is 62.5 Å². The Morgan fingerprint density at radius 2 is 1.14 bits per heavy atom. The van der Waals surface area contributed by atoms with Crippen LogP contribution in [0.25, 0.3) is 6.08 Å². The van der Waals surface area contributed by atoms with Gasteiger partial charge in [-0.25, -0.2) is 0 Å². The zero-order valence-corrected chi connectivity index (χ0v) is 30.1. The summed E-state index contributed by atoms with van der Waals surface area (Å²) in [4.78, 5) is 12.4. The van der Waals surface area contributed by atoms with E-state index in [0.29, 0.717) is 47.1 Å². The lowest BCUT2D eigenvalue weighted by Crippen LogP contribution is -2.40. The van der Waals surface area contributed by atoms with Crippen molar-refractivity contribution in [3.63, 3.8) is 0 Å². The van der Waals surface area contributed by atoms with E-state index in [0.717, 1.165) is 56.9 Å². The van der Waals surface area contributed by atoms with Crippen molar-refractivity contribution < 1.29 is 31.6 Å². The molecule has 0 aliphatic carbocycles. The Bertz CT molecular complexity index is 1680. The molecule has 0 atom stereocenters. The first-order valence-electron chi connectivity index (χ1n) is 17.2. The quantitative estimate of drug-likeness (QED) is 0.0528. The van der Waals surface area contributed by atoms with E-state index in [2.05, 4.69) is 5.32 Å². The Balaban J connectivity index is 1.23. The van der Waals surface area contributed by atoms with Gasteiger partial charge in [-0.05, 0) is 59.9 Å². The average molecular weight is 700 g/mol. The topological polar surface area (TPSA) is 100 Å². The van der Waals surface area contributed by atoms with Gasteiger partial charge in [0.2, 0.25) is 11.7 Å². The third-order valence-corrected chi connectivity index (χ3v) is 10.7. The lowest BCUT2D eigenvalue weighted by Gasteiger charge is -2.34. The molecule has 0 saturated carbocycles. The van der Waals surface area contributed by atoms with E-state index >= 15 is 0 Å². The van der Waals surface area contributed by atoms with E-state index in [4.69, 9.17) is 18.4 Å². The molecule has 0 aliphatic heterocycles. The summed E-state index contributed by atoms with van der Waals surface area (Å²) in [5.41, 5.74) is 2.17. The number of hydrogen-bond acceptors (Lipinski definition) is 7. The number of nitrogens with one attached hydrogen (secondary N) is 1. The normalized spacial score (nSPS) is 11.7. The minimum atomic E-state index is -4.13. The fourth-order valence-corrected chi connectivity index (χ4v) is 7.91. The van der Waals surface area contributed by atoms with Crippen molar-refractivity contribution in [1.82, 2.24) is 5.32 Å². The lowest BCUT2D eigenvalue weighted by molar-refractivity contribution is -0.116. The van der Waals surface area contributed by atoms with Gasteiger partial charge in [0.25, 0.3) is 0 Å². The van der Waals surface area contributed by atoms with Gasteiger partial charge in [-0.2, -0.15) is 8.42 Å². The van der Waals surface area contributed by atoms with Crippen LogP contribution in [0.2, 0.25) is 0 Å². The number of benzene rings is 4. The van der Waals surface area contributed by atoms with E-state index < -0.39 is 14.9 Å². The van der Waals surface area contributed by atoms with Crippen LogP contribution in [0.4, 0.5) is 0 Å². The molecule has 0 fully saturated rings. The van der Waals surface area contributed by atoms with Crippen molar-refractivity contribution in [2.24, 2.45) is 0 Å². The summed E-state index contributed by atoms with van der Waals surface area (Å²) in [6.45, 7) is 0.610. The number of hydrogen-bond donors (Lipinski definition) is 1. The second kappa shape index (κ2) is 19.4. The van der Waals surface area contributed by atoms with Crippen LogP contribution in [0.15, 0.2) is 109 Å². The third-order valence-electron chi connectivity index (χ3n) is 8.73. The number of ether oxygens (including phenoxy) is 3. The van der Waals surface area contributed by atoms with Gasteiger partial charge < -0.3 is 23.7 Å². The molecule has 50 heavy (non-hydrogen) atoms. The molecule has 9 heteroatoms. The zero-order valence-electron chi connectivity index (χ0n) is 29.3. The molecule has 4 aromatic carbocycles. The summed E-state index contributed by atoms with van der Waals surface area (Å²) in [6, 6.07) is 31.1. The maximum atomic E-state index is 14.3. The molecule has 266 valence electrons. The Kier molecular flexibility index (Phi) is 14.8. The Morgan fingerprint density at radius 1 is 0.660 bits per heavy atom. The molecule has 0 saturated heterocycles. The van der Waals surface area contributed by atoms with Crippen molar-refractivity contribution >= 4 is 22.1 Å². The smallest absolute Gasteiger partial charge is 0.323 e. The molecule has 0 aromatic heterocycles. The fraction of sp³-hybridized carbons (Fsp3) is 0.341. The summed E-state index contributed by atoms with van der Waals surface area (Å²) < 4.78 is 49.1. The van der Waals surface area contributed by atoms with E-state index in [1.165, 1.54) is 6.08 Å². The number of methoxy groups -OCH3 is 3. The molecule has 1 N–H and O–H groups in total. The van der Waals surface area contributed by atoms with Gasteiger partial charge in [0.15, 0.2) is 16.2 Å². The largest absolute Gasteiger partial charge is 0.493 e. The summed E-state index contributed by atoms with van der Waals surface area (Å²) in [7, 11) is 0.524. The summed E-state index contributed by atoms with van der Waals surface area (Å²) >= 11 is 0. The maximum absolute atomic E-state index is 14.3. The molecule has 0 bridgehead atoms. The minimum Gasteiger partial charge on any atom is -0.493 e. The lowest BCUT2D eigenvalue weighted by atomic mass is 9.85. The van der Waals surface area contributed by atoms with Crippen LogP contribution in [0.5, 0.6) is 23.0 Å². The molecule has 4 rings (SSSR count). The van der Waals surface area contributed by atoms with Gasteiger partial charge in [0.1, 0.15) is 5.75 Å². The number of rotatable bonds is 21. The number of amides is 1. The van der Waals surface area contributed by atoms with Crippen LogP contribution in [0, 0.1) is 0 Å². The third kappa shape index (κ3) is 10.1. The highest BCUT2D eigenvalue weighted by Gasteiger charge is 2.48. The first-order chi connectivity index (χ1) is 24.3. The molecule has 0 radical (unpaired) electrons. The van der Waals surface area contributed by atoms with Crippen LogP contribution < -0.4 is 23.7 Å². The first-order valence-corrected chi connectivity index (χ1v) is 18.6. The molecule has 4 aromatic rings. The van der Waals surface area contributed by atoms with Crippen LogP contribution in [0.1, 0.15) is 74.5 Å². The zero-order chi connectivity index (χ0) is 35.7. The standard InChI is InChI=1S/C41H49NO7S/c1-46-37-31-33(32-38(47-2)40(37)48-3)27-28-39(43)42-30-20-9-7-5-4-6-8-19-29-41(34-21-13-10-14-22-34,35-23-15-11-16-24-35)50(44,45)49-36-25-17-12-18-26-36/h10-18,21-28,31-32H,4-9,19-20,29-30H2,1-3H3,(H,42,43)/b28-27+. The number of carbonyl (C=O) groups excluding carboxylic acids is 1. The average Bonchev–Trinajstić information content (AvgIpc) is 3.14. The molecule has 0 aliphatic rings. The molecule has 8 nitrogen and oxygen atoms in total. The van der Waals surface area contributed by atoms with Gasteiger partial charge in [0.05, 0.1) is 21.3 Å². The highest BCUT2D eigenvalue weighted by atomic mass is 32.2. The molecular formula is C41H49NO7S. The maximum Gasteiger partial charge on any atom is 0.323 e. The summed E-state index contributed by atoms with van der Waals surface area (Å²) in [5.74, 6) is 1.71. The molecule has 0 heterocycles. The van der Waals surface area contributed by atoms with Crippen LogP contribution in [0.3, 0.4) is 0 Å². The van der Waals surface area contributed by atoms with E-state index in [1.54, 1.807) is 63.8 Å². The molecule has 0 spiro atoms.